The Morgan fingerprint density at radius 3 is 2.14 bits per heavy atom. The predicted octanol–water partition coefficient (Wildman–Crippen LogP) is 3.44. The van der Waals surface area contributed by atoms with Gasteiger partial charge in [-0.25, -0.2) is 0 Å². The second kappa shape index (κ2) is 5.53. The van der Waals surface area contributed by atoms with Crippen molar-refractivity contribution in [2.24, 2.45) is 17.8 Å². The van der Waals surface area contributed by atoms with E-state index < -0.39 is 0 Å². The van der Waals surface area contributed by atoms with Crippen molar-refractivity contribution in [2.45, 2.75) is 6.54 Å². The molecule has 1 heterocycles. The van der Waals surface area contributed by atoms with Gasteiger partial charge in [0.25, 0.3) is 0 Å². The molecule has 0 N–H and O–H groups in total. The fourth-order valence-electron chi connectivity index (χ4n) is 3.66. The van der Waals surface area contributed by atoms with Gasteiger partial charge in [0.05, 0.1) is 6.61 Å². The molecule has 0 amide bonds. The van der Waals surface area contributed by atoms with Crippen molar-refractivity contribution in [3.63, 3.8) is 0 Å². The molecule has 1 unspecified atom stereocenters. The molecular weight excluding hydrogens is 258 g/mol. The number of para-hydroxylation sites is 1. The molecule has 2 heteroatoms. The molecule has 3 atom stereocenters. The lowest BCUT2D eigenvalue weighted by Crippen LogP contribution is -2.25. The summed E-state index contributed by atoms with van der Waals surface area (Å²) < 4.78 is 5.90. The van der Waals surface area contributed by atoms with E-state index in [9.17, 15) is 0 Å². The number of fused-ring (bicyclic) bond motifs is 1. The van der Waals surface area contributed by atoms with Crippen molar-refractivity contribution in [3.8, 4) is 5.75 Å². The molecule has 2 fully saturated rings. The first-order chi connectivity index (χ1) is 10.4. The first kappa shape index (κ1) is 12.9. The van der Waals surface area contributed by atoms with Gasteiger partial charge < -0.3 is 4.74 Å². The van der Waals surface area contributed by atoms with Gasteiger partial charge in [-0.2, -0.15) is 0 Å². The first-order valence-electron chi connectivity index (χ1n) is 7.84. The lowest BCUT2D eigenvalue weighted by molar-refractivity contribution is 0.230. The molecule has 1 aliphatic heterocycles. The van der Waals surface area contributed by atoms with E-state index in [1.165, 1.54) is 18.7 Å². The second-order valence-corrected chi connectivity index (χ2v) is 6.30. The lowest BCUT2D eigenvalue weighted by atomic mass is 10.2. The molecule has 0 bridgehead atoms. The van der Waals surface area contributed by atoms with E-state index in [1.807, 2.05) is 30.3 Å². The van der Waals surface area contributed by atoms with E-state index in [0.717, 1.165) is 36.7 Å². The summed E-state index contributed by atoms with van der Waals surface area (Å²) in [6.45, 7) is 4.46. The second-order valence-electron chi connectivity index (χ2n) is 6.30. The Hall–Kier alpha value is -1.80. The van der Waals surface area contributed by atoms with Gasteiger partial charge in [0.15, 0.2) is 0 Å². The van der Waals surface area contributed by atoms with E-state index in [4.69, 9.17) is 4.74 Å². The minimum absolute atomic E-state index is 0.775. The molecule has 2 nitrogen and oxygen atoms in total. The lowest BCUT2D eigenvalue weighted by Gasteiger charge is -2.19. The van der Waals surface area contributed by atoms with Crippen LogP contribution >= 0.6 is 0 Å². The van der Waals surface area contributed by atoms with Gasteiger partial charge in [0, 0.05) is 25.6 Å². The van der Waals surface area contributed by atoms with Crippen molar-refractivity contribution >= 4 is 0 Å². The number of hydrogen-bond acceptors (Lipinski definition) is 2. The van der Waals surface area contributed by atoms with Crippen LogP contribution in [-0.4, -0.2) is 24.6 Å². The molecule has 0 spiro atoms. The Kier molecular flexibility index (Phi) is 3.40. The molecule has 0 aromatic heterocycles. The summed E-state index contributed by atoms with van der Waals surface area (Å²) in [5.74, 6) is 3.50. The van der Waals surface area contributed by atoms with Gasteiger partial charge in [-0.05, 0) is 29.5 Å². The van der Waals surface area contributed by atoms with Crippen molar-refractivity contribution in [2.75, 3.05) is 19.7 Å². The molecular formula is C19H21NO. The van der Waals surface area contributed by atoms with Gasteiger partial charge in [0.1, 0.15) is 5.75 Å². The summed E-state index contributed by atoms with van der Waals surface area (Å²) in [6.07, 6.45) is 0. The summed E-state index contributed by atoms with van der Waals surface area (Å²) >= 11 is 0. The minimum Gasteiger partial charge on any atom is -0.493 e. The average molecular weight is 279 g/mol. The summed E-state index contributed by atoms with van der Waals surface area (Å²) in [5.41, 5.74) is 1.43. The highest BCUT2D eigenvalue weighted by molar-refractivity contribution is 5.21. The molecule has 0 radical (unpaired) electrons. The van der Waals surface area contributed by atoms with Gasteiger partial charge >= 0.3 is 0 Å². The third-order valence-electron chi connectivity index (χ3n) is 4.88. The summed E-state index contributed by atoms with van der Waals surface area (Å²) in [5, 5.41) is 0. The van der Waals surface area contributed by atoms with E-state index in [1.54, 1.807) is 0 Å². The summed E-state index contributed by atoms with van der Waals surface area (Å²) in [4.78, 5) is 2.59. The molecule has 2 aliphatic rings. The van der Waals surface area contributed by atoms with Crippen LogP contribution in [0.5, 0.6) is 5.75 Å². The van der Waals surface area contributed by atoms with Crippen LogP contribution in [0.3, 0.4) is 0 Å². The number of rotatable bonds is 5. The molecule has 2 aromatic carbocycles. The largest absolute Gasteiger partial charge is 0.493 e. The number of benzene rings is 2. The quantitative estimate of drug-likeness (QED) is 0.831. The third kappa shape index (κ3) is 2.81. The molecule has 1 saturated heterocycles. The zero-order valence-electron chi connectivity index (χ0n) is 12.2. The zero-order chi connectivity index (χ0) is 14.1. The van der Waals surface area contributed by atoms with Crippen molar-refractivity contribution in [1.82, 2.24) is 4.90 Å². The van der Waals surface area contributed by atoms with Crippen LogP contribution in [0.1, 0.15) is 5.56 Å². The minimum atomic E-state index is 0.775. The Labute approximate surface area is 126 Å². The standard InChI is InChI=1S/C19H21NO/c1-3-7-15(8-4-1)11-20-12-17-18(13-20)19(17)14-21-16-9-5-2-6-10-16/h1-10,17-19H,11-14H2/t17-,18+,19?. The van der Waals surface area contributed by atoms with Crippen LogP contribution in [0.15, 0.2) is 60.7 Å². The Bertz CT molecular complexity index is 571. The highest BCUT2D eigenvalue weighted by Crippen LogP contribution is 2.51. The fourth-order valence-corrected chi connectivity index (χ4v) is 3.66. The van der Waals surface area contributed by atoms with Gasteiger partial charge in [-0.1, -0.05) is 48.5 Å². The fraction of sp³-hybridized carbons (Fsp3) is 0.368. The molecule has 2 aromatic rings. The van der Waals surface area contributed by atoms with Gasteiger partial charge in [-0.3, -0.25) is 4.90 Å². The average Bonchev–Trinajstić information content (AvgIpc) is 2.99. The van der Waals surface area contributed by atoms with Crippen LogP contribution in [-0.2, 0) is 6.54 Å². The predicted molar refractivity (Wildman–Crippen MR) is 84.1 cm³/mol. The number of likely N-dealkylation sites (tertiary alicyclic amines) is 1. The number of nitrogens with zero attached hydrogens (tertiary/aromatic N) is 1. The third-order valence-corrected chi connectivity index (χ3v) is 4.88. The van der Waals surface area contributed by atoms with Crippen LogP contribution in [0.2, 0.25) is 0 Å². The summed E-state index contributed by atoms with van der Waals surface area (Å²) in [7, 11) is 0. The van der Waals surface area contributed by atoms with Crippen molar-refractivity contribution in [1.29, 1.82) is 0 Å². The van der Waals surface area contributed by atoms with Crippen LogP contribution in [0.4, 0.5) is 0 Å². The Balaban J connectivity index is 1.24. The van der Waals surface area contributed by atoms with Crippen LogP contribution in [0.25, 0.3) is 0 Å². The van der Waals surface area contributed by atoms with Crippen molar-refractivity contribution < 1.29 is 4.74 Å². The Morgan fingerprint density at radius 2 is 1.48 bits per heavy atom. The normalized spacial score (nSPS) is 27.3. The van der Waals surface area contributed by atoms with Gasteiger partial charge in [0.2, 0.25) is 0 Å². The smallest absolute Gasteiger partial charge is 0.119 e. The highest BCUT2D eigenvalue weighted by atomic mass is 16.5. The monoisotopic (exact) mass is 279 g/mol. The van der Waals surface area contributed by atoms with Gasteiger partial charge in [-0.15, -0.1) is 0 Å². The molecule has 108 valence electrons. The maximum absolute atomic E-state index is 5.90. The number of piperidine rings is 1. The zero-order valence-corrected chi connectivity index (χ0v) is 12.2. The molecule has 1 aliphatic carbocycles. The van der Waals surface area contributed by atoms with Crippen LogP contribution in [0, 0.1) is 17.8 Å². The van der Waals surface area contributed by atoms with Crippen LogP contribution < -0.4 is 4.74 Å². The maximum atomic E-state index is 5.90. The number of ether oxygens (including phenoxy) is 1. The van der Waals surface area contributed by atoms with E-state index in [0.29, 0.717) is 0 Å². The first-order valence-corrected chi connectivity index (χ1v) is 7.84. The summed E-state index contributed by atoms with van der Waals surface area (Å²) in [6, 6.07) is 21.0. The van der Waals surface area contributed by atoms with Crippen molar-refractivity contribution in [3.05, 3.63) is 66.2 Å². The maximum Gasteiger partial charge on any atom is 0.119 e. The molecule has 1 saturated carbocycles. The molecule has 21 heavy (non-hydrogen) atoms. The topological polar surface area (TPSA) is 12.5 Å². The SMILES string of the molecule is c1ccc(CN2C[C@@H]3C(COc4ccccc4)[C@@H]3C2)cc1. The highest BCUT2D eigenvalue weighted by Gasteiger charge is 2.55. The van der Waals surface area contributed by atoms with E-state index in [-0.39, 0.29) is 0 Å². The Morgan fingerprint density at radius 1 is 0.857 bits per heavy atom. The number of hydrogen-bond donors (Lipinski definition) is 0. The van der Waals surface area contributed by atoms with E-state index >= 15 is 0 Å². The molecule has 4 rings (SSSR count). The van der Waals surface area contributed by atoms with E-state index in [2.05, 4.69) is 35.2 Å².